The molecule has 1 aromatic carbocycles. The second-order valence-corrected chi connectivity index (χ2v) is 7.62. The molecule has 0 bridgehead atoms. The molecule has 0 aliphatic carbocycles. The van der Waals surface area contributed by atoms with Crippen molar-refractivity contribution in [3.05, 3.63) is 65.2 Å². The Morgan fingerprint density at radius 2 is 1.97 bits per heavy atom. The molecule has 3 N–H and O–H groups in total. The number of halogens is 1. The lowest BCUT2D eigenvalue weighted by atomic mass is 9.96. The van der Waals surface area contributed by atoms with Crippen molar-refractivity contribution in [1.82, 2.24) is 15.6 Å². The van der Waals surface area contributed by atoms with Gasteiger partial charge in [-0.2, -0.15) is 0 Å². The van der Waals surface area contributed by atoms with E-state index in [4.69, 9.17) is 8.83 Å². The highest BCUT2D eigenvalue weighted by molar-refractivity contribution is 5.79. The first-order valence-corrected chi connectivity index (χ1v) is 10.3. The van der Waals surface area contributed by atoms with Crippen LogP contribution in [0.25, 0.3) is 11.5 Å². The Morgan fingerprint density at radius 1 is 1.23 bits per heavy atom. The molecule has 2 aromatic heterocycles. The smallest absolute Gasteiger partial charge is 0.226 e. The number of benzene rings is 1. The highest BCUT2D eigenvalue weighted by Crippen LogP contribution is 2.27. The normalized spacial score (nSPS) is 13.8. The first-order chi connectivity index (χ1) is 14.8. The molecule has 0 amide bonds. The van der Waals surface area contributed by atoms with E-state index >= 15 is 0 Å². The molecule has 0 saturated heterocycles. The number of hydrogen-bond acceptors (Lipinski definition) is 5. The lowest BCUT2D eigenvalue weighted by molar-refractivity contribution is 0.0657. The summed E-state index contributed by atoms with van der Waals surface area (Å²) in [5.74, 6) is 2.21. The number of aromatic nitrogens is 1. The highest BCUT2D eigenvalue weighted by atomic mass is 19.1. The molecule has 0 fully saturated rings. The van der Waals surface area contributed by atoms with Crippen LogP contribution in [0, 0.1) is 19.7 Å². The molecular formula is C23H29FN4O3. The van der Waals surface area contributed by atoms with Crippen LogP contribution in [0.3, 0.4) is 0 Å². The summed E-state index contributed by atoms with van der Waals surface area (Å²) in [6.07, 6.45) is 2.21. The summed E-state index contributed by atoms with van der Waals surface area (Å²) in [5, 5.41) is 17.3. The number of nitrogens with one attached hydrogen (secondary N) is 2. The predicted molar refractivity (Wildman–Crippen MR) is 117 cm³/mol. The maximum Gasteiger partial charge on any atom is 0.226 e. The Balaban J connectivity index is 1.58. The summed E-state index contributed by atoms with van der Waals surface area (Å²) in [6, 6.07) is 7.86. The molecular weight excluding hydrogens is 399 g/mol. The molecule has 3 aromatic rings. The Bertz CT molecular complexity index is 1020. The van der Waals surface area contributed by atoms with Crippen molar-refractivity contribution in [3.8, 4) is 11.5 Å². The van der Waals surface area contributed by atoms with Gasteiger partial charge in [0.15, 0.2) is 5.96 Å². The van der Waals surface area contributed by atoms with Gasteiger partial charge in [-0.05, 0) is 58.0 Å². The molecule has 0 radical (unpaired) electrons. The van der Waals surface area contributed by atoms with Gasteiger partial charge in [-0.15, -0.1) is 0 Å². The van der Waals surface area contributed by atoms with Gasteiger partial charge in [0.05, 0.1) is 12.2 Å². The van der Waals surface area contributed by atoms with E-state index in [-0.39, 0.29) is 12.4 Å². The average molecular weight is 429 g/mol. The number of furan rings is 1. The van der Waals surface area contributed by atoms with Crippen molar-refractivity contribution in [2.75, 3.05) is 19.6 Å². The largest absolute Gasteiger partial charge is 0.466 e. The monoisotopic (exact) mass is 428 g/mol. The predicted octanol–water partition coefficient (Wildman–Crippen LogP) is 3.70. The fourth-order valence-corrected chi connectivity index (χ4v) is 3.28. The summed E-state index contributed by atoms with van der Waals surface area (Å²) in [7, 11) is 0. The molecule has 2 heterocycles. The fraction of sp³-hybridized carbons (Fsp3) is 0.391. The zero-order chi connectivity index (χ0) is 22.4. The molecule has 1 unspecified atom stereocenters. The molecule has 31 heavy (non-hydrogen) atoms. The molecule has 166 valence electrons. The molecule has 0 spiro atoms. The maximum atomic E-state index is 13.1. The van der Waals surface area contributed by atoms with Gasteiger partial charge in [-0.1, -0.05) is 0 Å². The summed E-state index contributed by atoms with van der Waals surface area (Å²) >= 11 is 0. The van der Waals surface area contributed by atoms with Crippen LogP contribution in [0.4, 0.5) is 4.39 Å². The number of aliphatic hydroxyl groups is 1. The third-order valence-corrected chi connectivity index (χ3v) is 4.83. The van der Waals surface area contributed by atoms with E-state index in [0.29, 0.717) is 37.1 Å². The number of hydrogen-bond donors (Lipinski definition) is 3. The first kappa shape index (κ1) is 22.6. The minimum atomic E-state index is -1.14. The van der Waals surface area contributed by atoms with Crippen molar-refractivity contribution in [1.29, 1.82) is 0 Å². The van der Waals surface area contributed by atoms with Crippen molar-refractivity contribution < 1.29 is 18.3 Å². The van der Waals surface area contributed by atoms with Crippen LogP contribution in [-0.4, -0.2) is 35.7 Å². The molecule has 0 aliphatic rings. The number of guanidine groups is 1. The summed E-state index contributed by atoms with van der Waals surface area (Å²) in [5.41, 5.74) is 1.10. The Morgan fingerprint density at radius 3 is 2.61 bits per heavy atom. The number of nitrogens with zero attached hydrogens (tertiary/aromatic N) is 2. The number of aliphatic imine (C=N–C) groups is 1. The highest BCUT2D eigenvalue weighted by Gasteiger charge is 2.27. The summed E-state index contributed by atoms with van der Waals surface area (Å²) in [4.78, 5) is 8.98. The van der Waals surface area contributed by atoms with E-state index in [9.17, 15) is 9.50 Å². The van der Waals surface area contributed by atoms with E-state index in [1.165, 1.54) is 12.1 Å². The fourth-order valence-electron chi connectivity index (χ4n) is 3.28. The number of oxazole rings is 1. The van der Waals surface area contributed by atoms with E-state index < -0.39 is 5.60 Å². The zero-order valence-corrected chi connectivity index (χ0v) is 18.3. The average Bonchev–Trinajstić information content (AvgIpc) is 3.33. The van der Waals surface area contributed by atoms with E-state index in [0.717, 1.165) is 22.6 Å². The van der Waals surface area contributed by atoms with Crippen molar-refractivity contribution in [2.45, 2.75) is 39.7 Å². The third-order valence-electron chi connectivity index (χ3n) is 4.83. The van der Waals surface area contributed by atoms with Gasteiger partial charge < -0.3 is 24.6 Å². The lowest BCUT2D eigenvalue weighted by Gasteiger charge is -2.21. The van der Waals surface area contributed by atoms with E-state index in [1.807, 2.05) is 26.8 Å². The maximum absolute atomic E-state index is 13.1. The van der Waals surface area contributed by atoms with Crippen LogP contribution in [0.15, 0.2) is 50.4 Å². The van der Waals surface area contributed by atoms with Crippen molar-refractivity contribution in [3.63, 3.8) is 0 Å². The quantitative estimate of drug-likeness (QED) is 0.374. The molecule has 1 atom stereocenters. The van der Waals surface area contributed by atoms with Crippen LogP contribution in [0.2, 0.25) is 0 Å². The summed E-state index contributed by atoms with van der Waals surface area (Å²) in [6.45, 7) is 8.84. The lowest BCUT2D eigenvalue weighted by Crippen LogP contribution is -2.39. The van der Waals surface area contributed by atoms with Gasteiger partial charge in [0.1, 0.15) is 29.2 Å². The van der Waals surface area contributed by atoms with Gasteiger partial charge in [-0.3, -0.25) is 0 Å². The molecule has 8 heteroatoms. The third kappa shape index (κ3) is 5.95. The molecule has 0 aliphatic heterocycles. The number of aryl methyl sites for hydroxylation is 2. The van der Waals surface area contributed by atoms with Gasteiger partial charge in [0, 0.05) is 30.6 Å². The second-order valence-electron chi connectivity index (χ2n) is 7.62. The van der Waals surface area contributed by atoms with Crippen LogP contribution in [0.1, 0.15) is 36.6 Å². The van der Waals surface area contributed by atoms with Gasteiger partial charge in [0.25, 0.3) is 0 Å². The van der Waals surface area contributed by atoms with E-state index in [1.54, 1.807) is 25.3 Å². The summed E-state index contributed by atoms with van der Waals surface area (Å²) < 4.78 is 24.1. The minimum Gasteiger partial charge on any atom is -0.466 e. The molecule has 7 nitrogen and oxygen atoms in total. The van der Waals surface area contributed by atoms with Crippen molar-refractivity contribution in [2.24, 2.45) is 4.99 Å². The van der Waals surface area contributed by atoms with Crippen LogP contribution in [0.5, 0.6) is 0 Å². The molecule has 0 saturated carbocycles. The van der Waals surface area contributed by atoms with Crippen molar-refractivity contribution >= 4 is 5.96 Å². The second kappa shape index (κ2) is 9.78. The zero-order valence-electron chi connectivity index (χ0n) is 18.3. The Hall–Kier alpha value is -3.13. The van der Waals surface area contributed by atoms with Gasteiger partial charge in [0.2, 0.25) is 5.89 Å². The number of rotatable bonds is 8. The molecule has 3 rings (SSSR count). The van der Waals surface area contributed by atoms with Gasteiger partial charge >= 0.3 is 0 Å². The Labute approximate surface area is 181 Å². The van der Waals surface area contributed by atoms with Crippen LogP contribution < -0.4 is 10.6 Å². The topological polar surface area (TPSA) is 95.8 Å². The Kier molecular flexibility index (Phi) is 7.12. The van der Waals surface area contributed by atoms with Crippen LogP contribution >= 0.6 is 0 Å². The van der Waals surface area contributed by atoms with E-state index in [2.05, 4.69) is 20.6 Å². The standard InChI is InChI=1S/C23H29FN4O3/c1-5-25-22(27-14-23(4,29)20-12-15(2)31-16(20)3)26-11-10-19-13-30-21(28-19)17-6-8-18(24)9-7-17/h6-9,12-13,29H,5,10-11,14H2,1-4H3,(H2,25,26,27). The van der Waals surface area contributed by atoms with Crippen LogP contribution in [-0.2, 0) is 12.0 Å². The SMILES string of the molecule is CCNC(=NCC(C)(O)c1cc(C)oc1C)NCCc1coc(-c2ccc(F)cc2)n1. The minimum absolute atomic E-state index is 0.181. The first-order valence-electron chi connectivity index (χ1n) is 10.3. The van der Waals surface area contributed by atoms with Gasteiger partial charge in [-0.25, -0.2) is 14.4 Å².